The van der Waals surface area contributed by atoms with Gasteiger partial charge in [-0.25, -0.2) is 0 Å². The molecule has 2 rings (SSSR count). The second kappa shape index (κ2) is 5.85. The molecule has 1 aromatic carbocycles. The maximum atomic E-state index is 6.03. The van der Waals surface area contributed by atoms with Crippen molar-refractivity contribution in [3.05, 3.63) is 34.9 Å². The minimum absolute atomic E-state index is 0.432. The topological polar surface area (TPSA) is 15.3 Å². The average Bonchev–Trinajstić information content (AvgIpc) is 2.25. The Hall–Kier alpha value is -0.570. The molecule has 1 saturated heterocycles. The van der Waals surface area contributed by atoms with Gasteiger partial charge in [0.05, 0.1) is 0 Å². The third-order valence-corrected chi connectivity index (χ3v) is 3.98. The molecule has 0 aromatic heterocycles. The van der Waals surface area contributed by atoms with E-state index in [0.29, 0.717) is 6.04 Å². The molecule has 1 N–H and O–H groups in total. The molecule has 1 aliphatic rings. The number of hydrogen-bond donors (Lipinski definition) is 1. The van der Waals surface area contributed by atoms with E-state index in [4.69, 9.17) is 11.6 Å². The summed E-state index contributed by atoms with van der Waals surface area (Å²) in [5.41, 5.74) is 1.30. The Morgan fingerprint density at radius 2 is 2.24 bits per heavy atom. The molecule has 0 bridgehead atoms. The van der Waals surface area contributed by atoms with Crippen molar-refractivity contribution in [3.63, 3.8) is 0 Å². The van der Waals surface area contributed by atoms with E-state index in [1.54, 1.807) is 0 Å². The number of nitrogens with one attached hydrogen (secondary N) is 1. The van der Waals surface area contributed by atoms with Crippen LogP contribution < -0.4 is 5.32 Å². The second-order valence-corrected chi connectivity index (χ2v) is 5.46. The maximum absolute atomic E-state index is 6.03. The summed E-state index contributed by atoms with van der Waals surface area (Å²) in [7, 11) is 2.19. The van der Waals surface area contributed by atoms with Gasteiger partial charge in [0, 0.05) is 11.1 Å². The molecule has 0 saturated carbocycles. The van der Waals surface area contributed by atoms with Crippen LogP contribution in [0.15, 0.2) is 24.3 Å². The zero-order chi connectivity index (χ0) is 12.3. The number of rotatable bonds is 5. The Morgan fingerprint density at radius 3 is 2.82 bits per heavy atom. The molecule has 1 fully saturated rings. The van der Waals surface area contributed by atoms with Crippen molar-refractivity contribution in [2.45, 2.75) is 19.4 Å². The van der Waals surface area contributed by atoms with E-state index in [0.717, 1.165) is 17.5 Å². The average molecular weight is 253 g/mol. The zero-order valence-electron chi connectivity index (χ0n) is 10.6. The molecule has 3 heteroatoms. The van der Waals surface area contributed by atoms with Crippen LogP contribution in [-0.2, 0) is 0 Å². The summed E-state index contributed by atoms with van der Waals surface area (Å²) in [6.45, 7) is 5.78. The molecule has 1 heterocycles. The molecular formula is C14H21ClN2. The van der Waals surface area contributed by atoms with E-state index in [1.165, 1.54) is 25.1 Å². The van der Waals surface area contributed by atoms with Crippen molar-refractivity contribution < 1.29 is 0 Å². The van der Waals surface area contributed by atoms with Crippen LogP contribution in [-0.4, -0.2) is 31.6 Å². The lowest BCUT2D eigenvalue weighted by Crippen LogP contribution is -2.43. The summed E-state index contributed by atoms with van der Waals surface area (Å²) >= 11 is 6.03. The summed E-state index contributed by atoms with van der Waals surface area (Å²) < 4.78 is 0. The molecule has 1 aromatic rings. The molecule has 0 aliphatic carbocycles. The summed E-state index contributed by atoms with van der Waals surface area (Å²) in [6.07, 6.45) is 1.29. The Bertz CT molecular complexity index is 363. The predicted molar refractivity (Wildman–Crippen MR) is 73.5 cm³/mol. The van der Waals surface area contributed by atoms with E-state index in [2.05, 4.69) is 36.3 Å². The van der Waals surface area contributed by atoms with Crippen molar-refractivity contribution >= 4 is 11.6 Å². The van der Waals surface area contributed by atoms with E-state index >= 15 is 0 Å². The van der Waals surface area contributed by atoms with Gasteiger partial charge < -0.3 is 5.32 Å². The third kappa shape index (κ3) is 3.44. The van der Waals surface area contributed by atoms with Gasteiger partial charge in [0.2, 0.25) is 0 Å². The Kier molecular flexibility index (Phi) is 4.43. The highest BCUT2D eigenvalue weighted by Gasteiger charge is 2.18. The van der Waals surface area contributed by atoms with Crippen LogP contribution in [0.3, 0.4) is 0 Å². The molecule has 1 unspecified atom stereocenters. The SMILES string of the molecule is CC(c1cccc(Cl)c1)N(C)CCC1CNC1. The van der Waals surface area contributed by atoms with Gasteiger partial charge >= 0.3 is 0 Å². The number of halogens is 1. The molecule has 1 atom stereocenters. The predicted octanol–water partition coefficient (Wildman–Crippen LogP) is 2.94. The summed E-state index contributed by atoms with van der Waals surface area (Å²) in [4.78, 5) is 2.41. The highest BCUT2D eigenvalue weighted by Crippen LogP contribution is 2.22. The van der Waals surface area contributed by atoms with E-state index < -0.39 is 0 Å². The van der Waals surface area contributed by atoms with Crippen LogP contribution in [0.25, 0.3) is 0 Å². The minimum Gasteiger partial charge on any atom is -0.316 e. The van der Waals surface area contributed by atoms with Crippen LogP contribution >= 0.6 is 11.6 Å². The normalized spacial score (nSPS) is 18.1. The van der Waals surface area contributed by atoms with E-state index in [9.17, 15) is 0 Å². The molecule has 0 spiro atoms. The highest BCUT2D eigenvalue weighted by atomic mass is 35.5. The number of benzene rings is 1. The fourth-order valence-corrected chi connectivity index (χ4v) is 2.35. The van der Waals surface area contributed by atoms with Gasteiger partial charge in [-0.05, 0) is 63.6 Å². The summed E-state index contributed by atoms with van der Waals surface area (Å²) in [5, 5.41) is 4.14. The molecule has 94 valence electrons. The molecule has 2 nitrogen and oxygen atoms in total. The van der Waals surface area contributed by atoms with Gasteiger partial charge in [0.15, 0.2) is 0 Å². The third-order valence-electron chi connectivity index (χ3n) is 3.75. The number of nitrogens with zero attached hydrogens (tertiary/aromatic N) is 1. The van der Waals surface area contributed by atoms with Crippen LogP contribution in [0.1, 0.15) is 24.9 Å². The first-order valence-corrected chi connectivity index (χ1v) is 6.71. The van der Waals surface area contributed by atoms with Crippen molar-refractivity contribution in [2.24, 2.45) is 5.92 Å². The lowest BCUT2D eigenvalue weighted by molar-refractivity contribution is 0.217. The van der Waals surface area contributed by atoms with Crippen molar-refractivity contribution in [2.75, 3.05) is 26.7 Å². The van der Waals surface area contributed by atoms with Crippen molar-refractivity contribution in [1.82, 2.24) is 10.2 Å². The molecule has 0 amide bonds. The zero-order valence-corrected chi connectivity index (χ0v) is 11.4. The van der Waals surface area contributed by atoms with Gasteiger partial charge in [-0.15, -0.1) is 0 Å². The van der Waals surface area contributed by atoms with Gasteiger partial charge in [-0.3, -0.25) is 4.90 Å². The van der Waals surface area contributed by atoms with Crippen LogP contribution in [0.5, 0.6) is 0 Å². The lowest BCUT2D eigenvalue weighted by atomic mass is 9.98. The van der Waals surface area contributed by atoms with Crippen LogP contribution in [0.2, 0.25) is 5.02 Å². The van der Waals surface area contributed by atoms with Gasteiger partial charge in [-0.1, -0.05) is 23.7 Å². The first kappa shape index (κ1) is 12.9. The quantitative estimate of drug-likeness (QED) is 0.867. The first-order chi connectivity index (χ1) is 8.16. The van der Waals surface area contributed by atoms with Crippen molar-refractivity contribution in [3.8, 4) is 0 Å². The standard InChI is InChI=1S/C14H21ClN2/c1-11(13-4-3-5-14(15)8-13)17(2)7-6-12-9-16-10-12/h3-5,8,11-12,16H,6-7,9-10H2,1-2H3. The van der Waals surface area contributed by atoms with Crippen LogP contribution in [0, 0.1) is 5.92 Å². The molecule has 17 heavy (non-hydrogen) atoms. The van der Waals surface area contributed by atoms with Crippen LogP contribution in [0.4, 0.5) is 0 Å². The Morgan fingerprint density at radius 1 is 1.47 bits per heavy atom. The maximum Gasteiger partial charge on any atom is 0.0409 e. The fourth-order valence-electron chi connectivity index (χ4n) is 2.15. The van der Waals surface area contributed by atoms with Gasteiger partial charge in [0.1, 0.15) is 0 Å². The Balaban J connectivity index is 1.87. The minimum atomic E-state index is 0.432. The first-order valence-electron chi connectivity index (χ1n) is 6.33. The number of hydrogen-bond acceptors (Lipinski definition) is 2. The van der Waals surface area contributed by atoms with E-state index in [1.807, 2.05) is 12.1 Å². The van der Waals surface area contributed by atoms with E-state index in [-0.39, 0.29) is 0 Å². The molecule has 0 radical (unpaired) electrons. The van der Waals surface area contributed by atoms with Gasteiger partial charge in [-0.2, -0.15) is 0 Å². The second-order valence-electron chi connectivity index (χ2n) is 5.02. The summed E-state index contributed by atoms with van der Waals surface area (Å²) in [5.74, 6) is 0.879. The van der Waals surface area contributed by atoms with Gasteiger partial charge in [0.25, 0.3) is 0 Å². The largest absolute Gasteiger partial charge is 0.316 e. The Labute approximate surface area is 109 Å². The highest BCUT2D eigenvalue weighted by molar-refractivity contribution is 6.30. The summed E-state index contributed by atoms with van der Waals surface area (Å²) in [6, 6.07) is 8.60. The molecular weight excluding hydrogens is 232 g/mol. The monoisotopic (exact) mass is 252 g/mol. The smallest absolute Gasteiger partial charge is 0.0409 e. The lowest BCUT2D eigenvalue weighted by Gasteiger charge is -2.31. The fraction of sp³-hybridized carbons (Fsp3) is 0.571. The molecule has 1 aliphatic heterocycles. The van der Waals surface area contributed by atoms with Crippen molar-refractivity contribution in [1.29, 1.82) is 0 Å².